The Morgan fingerprint density at radius 3 is 2.24 bits per heavy atom. The maximum Gasteiger partial charge on any atom is 0.408 e. The summed E-state index contributed by atoms with van der Waals surface area (Å²) in [6.07, 6.45) is -0.582. The minimum absolute atomic E-state index is 0.165. The molecule has 116 valence electrons. The lowest BCUT2D eigenvalue weighted by Gasteiger charge is -2.22. The molecule has 0 radical (unpaired) electrons. The molecular weight excluding hydrogens is 274 g/mol. The van der Waals surface area contributed by atoms with E-state index in [-0.39, 0.29) is 6.42 Å². The Morgan fingerprint density at radius 1 is 1.24 bits per heavy atom. The normalized spacial score (nSPS) is 12.4. The Labute approximate surface area is 124 Å². The zero-order chi connectivity index (χ0) is 16.0. The van der Waals surface area contributed by atoms with Crippen molar-refractivity contribution in [3.05, 3.63) is 29.8 Å². The third-order valence-electron chi connectivity index (χ3n) is 2.59. The number of aliphatic carboxylic acids is 1. The predicted octanol–water partition coefficient (Wildman–Crippen LogP) is 2.22. The number of amides is 1. The lowest BCUT2D eigenvalue weighted by molar-refractivity contribution is -0.139. The number of hydrogen-bond donors (Lipinski definition) is 2. The molecule has 0 spiro atoms. The molecule has 0 bridgehead atoms. The molecule has 1 atom stereocenters. The number of rotatable bonds is 5. The van der Waals surface area contributed by atoms with Crippen LogP contribution in [0.25, 0.3) is 0 Å². The van der Waals surface area contributed by atoms with E-state index in [1.54, 1.807) is 52.1 Å². The first-order chi connectivity index (χ1) is 9.71. The predicted molar refractivity (Wildman–Crippen MR) is 77.5 cm³/mol. The Morgan fingerprint density at radius 2 is 1.81 bits per heavy atom. The van der Waals surface area contributed by atoms with Crippen molar-refractivity contribution >= 4 is 12.1 Å². The largest absolute Gasteiger partial charge is 0.497 e. The van der Waals surface area contributed by atoms with Gasteiger partial charge in [0.15, 0.2) is 0 Å². The van der Waals surface area contributed by atoms with Crippen LogP contribution in [0.5, 0.6) is 5.75 Å². The first-order valence-corrected chi connectivity index (χ1v) is 6.56. The summed E-state index contributed by atoms with van der Waals surface area (Å²) >= 11 is 0. The summed E-state index contributed by atoms with van der Waals surface area (Å²) in [5.41, 5.74) is 0.104. The number of methoxy groups -OCH3 is 1. The molecule has 1 aromatic carbocycles. The quantitative estimate of drug-likeness (QED) is 0.870. The van der Waals surface area contributed by atoms with Gasteiger partial charge in [-0.05, 0) is 38.5 Å². The third-order valence-corrected chi connectivity index (χ3v) is 2.59. The van der Waals surface area contributed by atoms with Crippen molar-refractivity contribution < 1.29 is 24.2 Å². The number of nitrogens with one attached hydrogen (secondary N) is 1. The maximum absolute atomic E-state index is 11.6. The van der Waals surface area contributed by atoms with E-state index in [0.29, 0.717) is 5.75 Å². The highest BCUT2D eigenvalue weighted by Crippen LogP contribution is 2.13. The van der Waals surface area contributed by atoms with Crippen LogP contribution in [-0.4, -0.2) is 35.9 Å². The minimum atomic E-state index is -1.11. The van der Waals surface area contributed by atoms with Crippen LogP contribution in [0.4, 0.5) is 4.79 Å². The molecule has 1 aromatic rings. The van der Waals surface area contributed by atoms with Crippen LogP contribution in [-0.2, 0) is 16.0 Å². The number of carbonyl (C=O) groups is 2. The van der Waals surface area contributed by atoms with Gasteiger partial charge >= 0.3 is 12.1 Å². The van der Waals surface area contributed by atoms with Crippen molar-refractivity contribution in [2.45, 2.75) is 38.8 Å². The van der Waals surface area contributed by atoms with Gasteiger partial charge in [0.2, 0.25) is 0 Å². The molecule has 1 amide bonds. The summed E-state index contributed by atoms with van der Waals surface area (Å²) in [5, 5.41) is 11.5. The van der Waals surface area contributed by atoms with E-state index in [1.165, 1.54) is 0 Å². The van der Waals surface area contributed by atoms with Crippen molar-refractivity contribution in [2.24, 2.45) is 0 Å². The molecule has 0 aliphatic heterocycles. The van der Waals surface area contributed by atoms with Crippen molar-refractivity contribution in [3.8, 4) is 5.75 Å². The lowest BCUT2D eigenvalue weighted by Crippen LogP contribution is -2.44. The van der Waals surface area contributed by atoms with E-state index in [4.69, 9.17) is 9.47 Å². The van der Waals surface area contributed by atoms with Crippen LogP contribution in [0.2, 0.25) is 0 Å². The lowest BCUT2D eigenvalue weighted by atomic mass is 10.1. The summed E-state index contributed by atoms with van der Waals surface area (Å²) in [4.78, 5) is 22.9. The fraction of sp³-hybridized carbons (Fsp3) is 0.467. The van der Waals surface area contributed by atoms with Crippen molar-refractivity contribution in [1.82, 2.24) is 5.32 Å². The number of alkyl carbamates (subject to hydrolysis) is 1. The number of carboxylic acids is 1. The molecule has 21 heavy (non-hydrogen) atoms. The molecular formula is C15H21NO5. The molecule has 0 saturated heterocycles. The number of hydrogen-bond acceptors (Lipinski definition) is 4. The Kier molecular flexibility index (Phi) is 5.58. The molecule has 0 heterocycles. The zero-order valence-electron chi connectivity index (χ0n) is 12.7. The summed E-state index contributed by atoms with van der Waals surface area (Å²) in [6.45, 7) is 5.14. The highest BCUT2D eigenvalue weighted by molar-refractivity contribution is 5.80. The number of benzene rings is 1. The SMILES string of the molecule is COc1ccc(CC(NC(=O)OC(C)(C)C)C(=O)O)cc1. The molecule has 0 aliphatic rings. The average Bonchev–Trinajstić information content (AvgIpc) is 2.36. The molecule has 1 unspecified atom stereocenters. The van der Waals surface area contributed by atoms with Crippen LogP contribution in [0.15, 0.2) is 24.3 Å². The molecule has 0 saturated carbocycles. The summed E-state index contributed by atoms with van der Waals surface area (Å²) < 4.78 is 10.1. The van der Waals surface area contributed by atoms with E-state index in [1.807, 2.05) is 0 Å². The molecule has 6 nitrogen and oxygen atoms in total. The van der Waals surface area contributed by atoms with Gasteiger partial charge in [-0.3, -0.25) is 0 Å². The van der Waals surface area contributed by atoms with Crippen LogP contribution in [0.3, 0.4) is 0 Å². The van der Waals surface area contributed by atoms with Gasteiger partial charge in [0.1, 0.15) is 17.4 Å². The second-order valence-corrected chi connectivity index (χ2v) is 5.59. The maximum atomic E-state index is 11.6. The standard InChI is InChI=1S/C15H21NO5/c1-15(2,3)21-14(19)16-12(13(17)18)9-10-5-7-11(20-4)8-6-10/h5-8,12H,9H2,1-4H3,(H,16,19)(H,17,18). The van der Waals surface area contributed by atoms with Gasteiger partial charge in [0, 0.05) is 6.42 Å². The van der Waals surface area contributed by atoms with Crippen LogP contribution in [0.1, 0.15) is 26.3 Å². The fourth-order valence-electron chi connectivity index (χ4n) is 1.65. The minimum Gasteiger partial charge on any atom is -0.497 e. The Bertz CT molecular complexity index is 490. The van der Waals surface area contributed by atoms with Gasteiger partial charge < -0.3 is 19.9 Å². The van der Waals surface area contributed by atoms with E-state index in [2.05, 4.69) is 5.32 Å². The van der Waals surface area contributed by atoms with Gasteiger partial charge in [-0.2, -0.15) is 0 Å². The first-order valence-electron chi connectivity index (χ1n) is 6.56. The second kappa shape index (κ2) is 6.97. The number of carbonyl (C=O) groups excluding carboxylic acids is 1. The van der Waals surface area contributed by atoms with Crippen molar-refractivity contribution in [3.63, 3.8) is 0 Å². The molecule has 0 fully saturated rings. The Hall–Kier alpha value is -2.24. The second-order valence-electron chi connectivity index (χ2n) is 5.59. The molecule has 0 aromatic heterocycles. The average molecular weight is 295 g/mol. The van der Waals surface area contributed by atoms with Gasteiger partial charge in [-0.15, -0.1) is 0 Å². The number of ether oxygens (including phenoxy) is 2. The summed E-state index contributed by atoms with van der Waals surface area (Å²) in [5.74, 6) is -0.428. The fourth-order valence-corrected chi connectivity index (χ4v) is 1.65. The van der Waals surface area contributed by atoms with Crippen molar-refractivity contribution in [1.29, 1.82) is 0 Å². The van der Waals surface area contributed by atoms with Crippen LogP contribution in [0, 0.1) is 0 Å². The van der Waals surface area contributed by atoms with E-state index >= 15 is 0 Å². The first kappa shape index (κ1) is 16.8. The molecule has 2 N–H and O–H groups in total. The van der Waals surface area contributed by atoms with Crippen molar-refractivity contribution in [2.75, 3.05) is 7.11 Å². The summed E-state index contributed by atoms with van der Waals surface area (Å²) in [7, 11) is 1.55. The van der Waals surface area contributed by atoms with Crippen LogP contribution < -0.4 is 10.1 Å². The monoisotopic (exact) mass is 295 g/mol. The van der Waals surface area contributed by atoms with Gasteiger partial charge in [-0.25, -0.2) is 9.59 Å². The van der Waals surface area contributed by atoms with Crippen LogP contribution >= 0.6 is 0 Å². The highest BCUT2D eigenvalue weighted by atomic mass is 16.6. The van der Waals surface area contributed by atoms with E-state index < -0.39 is 23.7 Å². The van der Waals surface area contributed by atoms with E-state index in [9.17, 15) is 14.7 Å². The third kappa shape index (κ3) is 6.16. The van der Waals surface area contributed by atoms with Gasteiger partial charge in [0.25, 0.3) is 0 Å². The topological polar surface area (TPSA) is 84.9 Å². The van der Waals surface area contributed by atoms with E-state index in [0.717, 1.165) is 5.56 Å². The zero-order valence-corrected chi connectivity index (χ0v) is 12.7. The molecule has 6 heteroatoms. The Balaban J connectivity index is 2.69. The van der Waals surface area contributed by atoms with Gasteiger partial charge in [0.05, 0.1) is 7.11 Å². The molecule has 1 rings (SSSR count). The summed E-state index contributed by atoms with van der Waals surface area (Å²) in [6, 6.07) is 5.94. The smallest absolute Gasteiger partial charge is 0.408 e. The highest BCUT2D eigenvalue weighted by Gasteiger charge is 2.24. The number of carboxylic acid groups (broad SMARTS) is 1. The molecule has 0 aliphatic carbocycles. The van der Waals surface area contributed by atoms with Gasteiger partial charge in [-0.1, -0.05) is 12.1 Å².